The van der Waals surface area contributed by atoms with E-state index < -0.39 is 0 Å². The summed E-state index contributed by atoms with van der Waals surface area (Å²) in [5.74, 6) is 2.06. The van der Waals surface area contributed by atoms with Crippen LogP contribution < -0.4 is 14.2 Å². The van der Waals surface area contributed by atoms with Gasteiger partial charge in [-0.25, -0.2) is 0 Å². The summed E-state index contributed by atoms with van der Waals surface area (Å²) < 4.78 is 21.4. The lowest BCUT2D eigenvalue weighted by Crippen LogP contribution is -2.12. The molecule has 4 nitrogen and oxygen atoms in total. The molecule has 0 spiro atoms. The molecule has 16 heavy (non-hydrogen) atoms. The second kappa shape index (κ2) is 4.61. The quantitative estimate of drug-likeness (QED) is 0.784. The minimum absolute atomic E-state index is 0.568. The molecule has 0 bridgehead atoms. The van der Waals surface area contributed by atoms with Crippen LogP contribution in [0.15, 0.2) is 6.07 Å². The molecule has 0 atom stereocenters. The topological polar surface area (TPSA) is 36.9 Å². The number of benzene rings is 1. The minimum Gasteiger partial charge on any atom is -0.493 e. The molecule has 0 aromatic heterocycles. The van der Waals surface area contributed by atoms with Crippen LogP contribution in [0.25, 0.3) is 0 Å². The summed E-state index contributed by atoms with van der Waals surface area (Å²) in [6, 6.07) is 2.00. The van der Waals surface area contributed by atoms with Gasteiger partial charge in [-0.1, -0.05) is 0 Å². The molecule has 1 aliphatic rings. The Bertz CT molecular complexity index is 373. The van der Waals surface area contributed by atoms with Gasteiger partial charge in [0.1, 0.15) is 0 Å². The summed E-state index contributed by atoms with van der Waals surface area (Å²) in [4.78, 5) is 0. The Hall–Kier alpha value is -1.42. The van der Waals surface area contributed by atoms with Crippen LogP contribution in [0.4, 0.5) is 0 Å². The predicted molar refractivity (Wildman–Crippen MR) is 59.5 cm³/mol. The zero-order chi connectivity index (χ0) is 11.5. The monoisotopic (exact) mass is 224 g/mol. The minimum atomic E-state index is 0.568. The second-order valence-electron chi connectivity index (χ2n) is 3.59. The summed E-state index contributed by atoms with van der Waals surface area (Å²) in [5, 5.41) is 0. The van der Waals surface area contributed by atoms with Crippen LogP contribution >= 0.6 is 0 Å². The Kier molecular flexibility index (Phi) is 3.19. The Morgan fingerprint density at radius 2 is 1.81 bits per heavy atom. The van der Waals surface area contributed by atoms with Gasteiger partial charge >= 0.3 is 0 Å². The fourth-order valence-electron chi connectivity index (χ4n) is 2.00. The molecule has 2 rings (SSSR count). The molecular formula is C12H16O4. The molecule has 0 unspecified atom stereocenters. The highest BCUT2D eigenvalue weighted by molar-refractivity contribution is 5.59. The maximum atomic E-state index is 5.44. The Balaban J connectivity index is 2.59. The van der Waals surface area contributed by atoms with Crippen LogP contribution in [0, 0.1) is 0 Å². The van der Waals surface area contributed by atoms with Crippen molar-refractivity contribution < 1.29 is 18.9 Å². The van der Waals surface area contributed by atoms with Gasteiger partial charge in [-0.15, -0.1) is 0 Å². The molecule has 1 aromatic carbocycles. The molecule has 4 heteroatoms. The highest BCUT2D eigenvalue weighted by Crippen LogP contribution is 2.43. The van der Waals surface area contributed by atoms with Crippen LogP contribution in [0.2, 0.25) is 0 Å². The largest absolute Gasteiger partial charge is 0.493 e. The molecule has 0 fully saturated rings. The lowest BCUT2D eigenvalue weighted by atomic mass is 10.0. The Morgan fingerprint density at radius 1 is 1.06 bits per heavy atom. The van der Waals surface area contributed by atoms with Crippen LogP contribution in [0.3, 0.4) is 0 Å². The lowest BCUT2D eigenvalue weighted by Gasteiger charge is -2.22. The first-order valence-electron chi connectivity index (χ1n) is 5.20. The van der Waals surface area contributed by atoms with E-state index in [4.69, 9.17) is 18.9 Å². The van der Waals surface area contributed by atoms with Crippen molar-refractivity contribution in [3.8, 4) is 17.2 Å². The molecular weight excluding hydrogens is 208 g/mol. The highest BCUT2D eigenvalue weighted by atomic mass is 16.5. The molecule has 88 valence electrons. The third kappa shape index (κ3) is 1.69. The molecule has 0 N–H and O–H groups in total. The molecule has 0 saturated carbocycles. The standard InChI is InChI=1S/C12H16O4/c1-13-10-6-8-4-5-16-7-9(8)11(14-2)12(10)15-3/h6H,4-5,7H2,1-3H3. The Labute approximate surface area is 95.1 Å². The van der Waals surface area contributed by atoms with Crippen molar-refractivity contribution >= 4 is 0 Å². The predicted octanol–water partition coefficient (Wildman–Crippen LogP) is 1.79. The molecule has 0 aliphatic carbocycles. The molecule has 0 amide bonds. The van der Waals surface area contributed by atoms with E-state index in [2.05, 4.69) is 0 Å². The van der Waals surface area contributed by atoms with Gasteiger partial charge in [-0.05, 0) is 18.1 Å². The maximum Gasteiger partial charge on any atom is 0.203 e. The molecule has 0 saturated heterocycles. The van der Waals surface area contributed by atoms with E-state index in [0.29, 0.717) is 18.1 Å². The lowest BCUT2D eigenvalue weighted by molar-refractivity contribution is 0.107. The third-order valence-electron chi connectivity index (χ3n) is 2.79. The molecule has 1 aromatic rings. The first kappa shape index (κ1) is 11.1. The summed E-state index contributed by atoms with van der Waals surface area (Å²) in [7, 11) is 4.87. The number of fused-ring (bicyclic) bond motifs is 1. The van der Waals surface area contributed by atoms with Gasteiger partial charge in [-0.2, -0.15) is 0 Å². The molecule has 0 radical (unpaired) electrons. The van der Waals surface area contributed by atoms with Gasteiger partial charge in [0.15, 0.2) is 11.5 Å². The van der Waals surface area contributed by atoms with E-state index >= 15 is 0 Å². The second-order valence-corrected chi connectivity index (χ2v) is 3.59. The van der Waals surface area contributed by atoms with Crippen molar-refractivity contribution in [1.29, 1.82) is 0 Å². The fourth-order valence-corrected chi connectivity index (χ4v) is 2.00. The summed E-state index contributed by atoms with van der Waals surface area (Å²) in [6.07, 6.45) is 0.881. The average molecular weight is 224 g/mol. The van der Waals surface area contributed by atoms with E-state index in [-0.39, 0.29) is 0 Å². The highest BCUT2D eigenvalue weighted by Gasteiger charge is 2.22. The summed E-state index contributed by atoms with van der Waals surface area (Å²) in [6.45, 7) is 1.31. The maximum absolute atomic E-state index is 5.44. The van der Waals surface area contributed by atoms with E-state index in [1.54, 1.807) is 21.3 Å². The zero-order valence-corrected chi connectivity index (χ0v) is 9.83. The van der Waals surface area contributed by atoms with Gasteiger partial charge in [0.25, 0.3) is 0 Å². The van der Waals surface area contributed by atoms with Crippen molar-refractivity contribution in [2.24, 2.45) is 0 Å². The van der Waals surface area contributed by atoms with Gasteiger partial charge in [0, 0.05) is 5.56 Å². The van der Waals surface area contributed by atoms with E-state index in [1.807, 2.05) is 6.07 Å². The number of hydrogen-bond donors (Lipinski definition) is 0. The Morgan fingerprint density at radius 3 is 2.44 bits per heavy atom. The number of hydrogen-bond acceptors (Lipinski definition) is 4. The first-order valence-corrected chi connectivity index (χ1v) is 5.20. The third-order valence-corrected chi connectivity index (χ3v) is 2.79. The summed E-state index contributed by atoms with van der Waals surface area (Å²) >= 11 is 0. The van der Waals surface area contributed by atoms with E-state index in [0.717, 1.165) is 24.3 Å². The van der Waals surface area contributed by atoms with Gasteiger partial charge in [0.05, 0.1) is 34.5 Å². The number of methoxy groups -OCH3 is 3. The van der Waals surface area contributed by atoms with E-state index in [1.165, 1.54) is 5.56 Å². The number of rotatable bonds is 3. The average Bonchev–Trinajstić information content (AvgIpc) is 2.36. The number of ether oxygens (including phenoxy) is 4. The van der Waals surface area contributed by atoms with Gasteiger partial charge in [0.2, 0.25) is 5.75 Å². The van der Waals surface area contributed by atoms with Gasteiger partial charge < -0.3 is 18.9 Å². The normalized spacial score (nSPS) is 14.2. The zero-order valence-electron chi connectivity index (χ0n) is 9.83. The summed E-state index contributed by atoms with van der Waals surface area (Å²) in [5.41, 5.74) is 2.27. The molecule has 1 aliphatic heterocycles. The van der Waals surface area contributed by atoms with Crippen molar-refractivity contribution in [1.82, 2.24) is 0 Å². The fraction of sp³-hybridized carbons (Fsp3) is 0.500. The SMILES string of the molecule is COc1cc2c(c(OC)c1OC)COCC2. The van der Waals surface area contributed by atoms with Gasteiger partial charge in [-0.3, -0.25) is 0 Å². The van der Waals surface area contributed by atoms with E-state index in [9.17, 15) is 0 Å². The van der Waals surface area contributed by atoms with Crippen LogP contribution in [0.5, 0.6) is 17.2 Å². The van der Waals surface area contributed by atoms with Crippen LogP contribution in [-0.2, 0) is 17.8 Å². The molecule has 1 heterocycles. The van der Waals surface area contributed by atoms with Crippen molar-refractivity contribution in [3.63, 3.8) is 0 Å². The van der Waals surface area contributed by atoms with Crippen LogP contribution in [-0.4, -0.2) is 27.9 Å². The van der Waals surface area contributed by atoms with Crippen LogP contribution in [0.1, 0.15) is 11.1 Å². The van der Waals surface area contributed by atoms with Crippen molar-refractivity contribution in [2.45, 2.75) is 13.0 Å². The first-order chi connectivity index (χ1) is 7.81. The van der Waals surface area contributed by atoms with Crippen molar-refractivity contribution in [3.05, 3.63) is 17.2 Å². The smallest absolute Gasteiger partial charge is 0.203 e. The van der Waals surface area contributed by atoms with Crippen molar-refractivity contribution in [2.75, 3.05) is 27.9 Å².